The molecule has 0 unspecified atom stereocenters. The molecule has 4 aromatic heterocycles. The molecule has 0 bridgehead atoms. The Bertz CT molecular complexity index is 3100. The number of hydrogen-bond donors (Lipinski definition) is 0. The molecule has 0 aliphatic heterocycles. The second kappa shape index (κ2) is 17.5. The number of furan rings is 1. The summed E-state index contributed by atoms with van der Waals surface area (Å²) in [5.74, 6) is 0. The summed E-state index contributed by atoms with van der Waals surface area (Å²) in [6.07, 6.45) is 5.02. The maximum atomic E-state index is 9.03. The van der Waals surface area contributed by atoms with Crippen LogP contribution in [0.5, 0.6) is 0 Å². The fourth-order valence-corrected chi connectivity index (χ4v) is 7.13. The second-order valence-electron chi connectivity index (χ2n) is 20.1. The van der Waals surface area contributed by atoms with Gasteiger partial charge in [0.15, 0.2) is 0 Å². The zero-order chi connectivity index (χ0) is 49.9. The van der Waals surface area contributed by atoms with Gasteiger partial charge in [-0.05, 0) is 103 Å². The molecule has 321 valence electrons. The van der Waals surface area contributed by atoms with E-state index in [0.29, 0.717) is 28.0 Å². The minimum Gasteiger partial charge on any atom is -0.500 e. The van der Waals surface area contributed by atoms with Crippen LogP contribution in [0.15, 0.2) is 120 Å². The van der Waals surface area contributed by atoms with Crippen LogP contribution in [0.3, 0.4) is 0 Å². The molecule has 62 heavy (non-hydrogen) atoms. The number of benzene rings is 4. The van der Waals surface area contributed by atoms with E-state index in [4.69, 9.17) is 19.0 Å². The smallest absolute Gasteiger partial charge is 0.124 e. The Balaban J connectivity index is 0.000000388. The molecule has 4 aromatic carbocycles. The van der Waals surface area contributed by atoms with Crippen LogP contribution in [0.2, 0.25) is 0 Å². The van der Waals surface area contributed by atoms with Crippen molar-refractivity contribution in [3.05, 3.63) is 161 Å². The minimum absolute atomic E-state index is 0. The van der Waals surface area contributed by atoms with Crippen molar-refractivity contribution in [3.8, 4) is 44.9 Å². The number of pyridine rings is 3. The zero-order valence-corrected chi connectivity index (χ0v) is 40.4. The Morgan fingerprint density at radius 1 is 0.532 bits per heavy atom. The van der Waals surface area contributed by atoms with Gasteiger partial charge in [-0.3, -0.25) is 4.98 Å². The molecule has 0 amide bonds. The van der Waals surface area contributed by atoms with Crippen molar-refractivity contribution in [2.45, 2.75) is 118 Å². The van der Waals surface area contributed by atoms with Gasteiger partial charge in [-0.15, -0.1) is 54.1 Å². The van der Waals surface area contributed by atoms with Crippen LogP contribution in [-0.4, -0.2) is 15.0 Å². The van der Waals surface area contributed by atoms with Crippen molar-refractivity contribution in [1.29, 1.82) is 0 Å². The first kappa shape index (κ1) is 37.3. The van der Waals surface area contributed by atoms with Gasteiger partial charge in [0.1, 0.15) is 5.58 Å². The average Bonchev–Trinajstić information content (AvgIpc) is 3.63. The van der Waals surface area contributed by atoms with Gasteiger partial charge in [-0.1, -0.05) is 136 Å². The monoisotopic (exact) mass is 1000 g/mol. The predicted molar refractivity (Wildman–Crippen MR) is 257 cm³/mol. The van der Waals surface area contributed by atoms with Crippen LogP contribution in [-0.2, 0) is 41.8 Å². The van der Waals surface area contributed by atoms with Gasteiger partial charge in [0, 0.05) is 63.9 Å². The van der Waals surface area contributed by atoms with Crippen molar-refractivity contribution >= 4 is 21.9 Å². The number of fused-ring (bicyclic) bond motifs is 3. The summed E-state index contributed by atoms with van der Waals surface area (Å²) in [5, 5.41) is 1.58. The van der Waals surface area contributed by atoms with Crippen molar-refractivity contribution in [2.75, 3.05) is 0 Å². The third-order valence-corrected chi connectivity index (χ3v) is 11.1. The van der Waals surface area contributed by atoms with Gasteiger partial charge in [0.25, 0.3) is 0 Å². The van der Waals surface area contributed by atoms with Crippen molar-refractivity contribution in [2.24, 2.45) is 0 Å². The summed E-state index contributed by atoms with van der Waals surface area (Å²) in [7, 11) is 0. The Hall–Kier alpha value is -5.22. The van der Waals surface area contributed by atoms with Crippen LogP contribution in [0.25, 0.3) is 66.8 Å². The van der Waals surface area contributed by atoms with E-state index in [9.17, 15) is 0 Å². The Morgan fingerprint density at radius 3 is 1.79 bits per heavy atom. The molecule has 8 rings (SSSR count). The van der Waals surface area contributed by atoms with Gasteiger partial charge in [0.05, 0.1) is 12.6 Å². The molecule has 4 heterocycles. The summed E-state index contributed by atoms with van der Waals surface area (Å²) < 4.78 is 65.8. The molecule has 5 heteroatoms. The summed E-state index contributed by atoms with van der Waals surface area (Å²) in [6.45, 7) is 20.4. The maximum absolute atomic E-state index is 9.03. The third kappa shape index (κ3) is 10.0. The fourth-order valence-electron chi connectivity index (χ4n) is 7.13. The molecule has 0 aliphatic carbocycles. The number of aryl methyl sites for hydroxylation is 2. The largest absolute Gasteiger partial charge is 0.500 e. The van der Waals surface area contributed by atoms with E-state index in [2.05, 4.69) is 115 Å². The first-order chi connectivity index (χ1) is 31.4. The van der Waals surface area contributed by atoms with E-state index in [1.54, 1.807) is 24.3 Å². The quantitative estimate of drug-likeness (QED) is 0.165. The predicted octanol–water partition coefficient (Wildman–Crippen LogP) is 15.5. The molecule has 0 saturated heterocycles. The molecule has 0 atom stereocenters. The summed E-state index contributed by atoms with van der Waals surface area (Å²) in [4.78, 5) is 13.9. The van der Waals surface area contributed by atoms with Gasteiger partial charge in [-0.25, -0.2) is 0 Å². The maximum Gasteiger partial charge on any atom is 0.124 e. The van der Waals surface area contributed by atoms with E-state index in [0.717, 1.165) is 33.3 Å². The third-order valence-electron chi connectivity index (χ3n) is 11.1. The second-order valence-corrected chi connectivity index (χ2v) is 20.1. The summed E-state index contributed by atoms with van der Waals surface area (Å²) in [6, 6.07) is 35.4. The zero-order valence-electron chi connectivity index (χ0n) is 45.0. The van der Waals surface area contributed by atoms with Crippen molar-refractivity contribution < 1.29 is 34.1 Å². The molecular weight excluding hydrogens is 935 g/mol. The number of hydrogen-bond acceptors (Lipinski definition) is 4. The Labute approximate surface area is 393 Å². The van der Waals surface area contributed by atoms with E-state index in [-0.39, 0.29) is 64.6 Å². The first-order valence-electron chi connectivity index (χ1n) is 24.4. The van der Waals surface area contributed by atoms with Crippen LogP contribution >= 0.6 is 0 Å². The molecular formula is C57H61IrN3O-2. The summed E-state index contributed by atoms with van der Waals surface area (Å²) in [5.41, 5.74) is 9.59. The fraction of sp³-hybridized carbons (Fsp3) is 0.316. The molecule has 0 N–H and O–H groups in total. The molecule has 0 spiro atoms. The van der Waals surface area contributed by atoms with Gasteiger partial charge in [0.2, 0.25) is 0 Å². The van der Waals surface area contributed by atoms with E-state index in [1.807, 2.05) is 69.6 Å². The van der Waals surface area contributed by atoms with E-state index < -0.39 is 19.1 Å². The van der Waals surface area contributed by atoms with Crippen LogP contribution in [0.4, 0.5) is 0 Å². The first-order valence-corrected chi connectivity index (χ1v) is 20.9. The SMILES string of the molecule is CC(C)(C)c1ccc(-c2[c-]cccc2)nc1.[2H]c1cc(C(C)(C)C)cc(C([2H])([2H])[2H])c1-c1cc(-c2[c-]ccc3c2oc2cc(-c4cc(C(C)(C)C)cc(C(C)(C)C)c4)ncc23)ncc1C([2H])([2H])[2H].[Ir]. The standard InChI is InChI=1S/C42H45N2O.C15H16N.Ir/c1-25-17-28(40(3,4)5)15-16-31(25)34-21-37(43-23-26(34)2)33-14-12-13-32-35-24-44-36(22-38(35)45-39(32)33)27-18-29(41(6,7)8)20-30(19-27)42(9,10)11;1-15(2,3)13-9-10-14(16-11-13)12-7-5-4-6-8-12;/h12-13,15-24H,1-11H3;4-7,9-11H,1-3H3;/q2*-1;/i1D3,2D3,16D;;. The van der Waals surface area contributed by atoms with Crippen LogP contribution in [0, 0.1) is 25.8 Å². The minimum atomic E-state index is -2.63. The van der Waals surface area contributed by atoms with Crippen LogP contribution in [0.1, 0.15) is 126 Å². The van der Waals surface area contributed by atoms with Gasteiger partial charge in [-0.2, -0.15) is 0 Å². The summed E-state index contributed by atoms with van der Waals surface area (Å²) >= 11 is 0. The Kier molecular flexibility index (Phi) is 10.5. The molecule has 1 radical (unpaired) electrons. The van der Waals surface area contributed by atoms with E-state index >= 15 is 0 Å². The number of rotatable bonds is 4. The molecule has 0 aliphatic rings. The topological polar surface area (TPSA) is 51.8 Å². The number of aromatic nitrogens is 3. The Morgan fingerprint density at radius 2 is 1.19 bits per heavy atom. The normalized spacial score (nSPS) is 14.3. The van der Waals surface area contributed by atoms with Crippen LogP contribution < -0.4 is 0 Å². The number of nitrogens with zero attached hydrogens (tertiary/aromatic N) is 3. The van der Waals surface area contributed by atoms with E-state index in [1.165, 1.54) is 22.9 Å². The van der Waals surface area contributed by atoms with Crippen molar-refractivity contribution in [3.63, 3.8) is 0 Å². The average molecular weight is 1000 g/mol. The molecule has 8 aromatic rings. The molecule has 0 saturated carbocycles. The van der Waals surface area contributed by atoms with Gasteiger partial charge >= 0.3 is 0 Å². The van der Waals surface area contributed by atoms with Crippen molar-refractivity contribution in [1.82, 2.24) is 15.0 Å². The van der Waals surface area contributed by atoms with Gasteiger partial charge < -0.3 is 14.4 Å². The molecule has 4 nitrogen and oxygen atoms in total. The molecule has 0 fully saturated rings.